The van der Waals surface area contributed by atoms with Crippen molar-refractivity contribution in [1.29, 1.82) is 0 Å². The van der Waals surface area contributed by atoms with Gasteiger partial charge in [0.2, 0.25) is 0 Å². The molecule has 0 saturated heterocycles. The standard InChI is InChI=1S/C9H13NS.C2H5O.2BrH.Sn/c1-7(10)9-5-3-2-4-8(9)6-11;1-2-3;;;/h2-5,7,11H,6,10H2,1H3;2H2,1H3;2*1H;/q;-1;;;+4/p-3. The summed E-state index contributed by atoms with van der Waals surface area (Å²) in [6.45, 7) is 4.94. The number of rotatable bonds is 6. The van der Waals surface area contributed by atoms with E-state index in [1.165, 1.54) is 11.1 Å². The molecular formula is C11H17Br2NOSSn. The Kier molecular flexibility index (Phi) is 14.9. The molecule has 0 bridgehead atoms. The first-order chi connectivity index (χ1) is 7.25. The third-order valence-electron chi connectivity index (χ3n) is 2.04. The molecule has 0 fully saturated rings. The molecule has 0 spiro atoms. The first kappa shape index (κ1) is 20.6. The fourth-order valence-electron chi connectivity index (χ4n) is 1.32. The molecule has 1 aromatic carbocycles. The molecule has 6 heteroatoms. The van der Waals surface area contributed by atoms with Gasteiger partial charge in [-0.15, -0.1) is 0 Å². The number of benzene rings is 1. The molecule has 1 atom stereocenters. The first-order valence-electron chi connectivity index (χ1n) is 5.07. The summed E-state index contributed by atoms with van der Waals surface area (Å²) in [6.07, 6.45) is 0. The zero-order valence-electron chi connectivity index (χ0n) is 9.95. The Labute approximate surface area is 138 Å². The van der Waals surface area contributed by atoms with E-state index in [0.29, 0.717) is 0 Å². The monoisotopic (exact) mass is 489 g/mol. The summed E-state index contributed by atoms with van der Waals surface area (Å²) in [5, 5.41) is 0. The molecule has 17 heavy (non-hydrogen) atoms. The largest absolute Gasteiger partial charge is 1.00 e. The Balaban J connectivity index is 0. The van der Waals surface area contributed by atoms with Crippen LogP contribution in [0.15, 0.2) is 24.3 Å². The fourth-order valence-corrected chi connectivity index (χ4v) is 5.55. The van der Waals surface area contributed by atoms with Crippen LogP contribution in [0.3, 0.4) is 0 Å². The predicted molar refractivity (Wildman–Crippen MR) is 67.7 cm³/mol. The van der Waals surface area contributed by atoms with E-state index in [1.807, 2.05) is 15.9 Å². The van der Waals surface area contributed by atoms with Crippen LogP contribution in [-0.2, 0) is 8.83 Å². The molecule has 96 valence electrons. The third-order valence-corrected chi connectivity index (χ3v) is 6.80. The van der Waals surface area contributed by atoms with Crippen LogP contribution in [0.1, 0.15) is 31.0 Å². The Morgan fingerprint density at radius 1 is 1.35 bits per heavy atom. The first-order valence-corrected chi connectivity index (χ1v) is 10.7. The maximum atomic E-state index is 5.92. The van der Waals surface area contributed by atoms with Crippen LogP contribution in [0, 0.1) is 0 Å². The van der Waals surface area contributed by atoms with Gasteiger partial charge in [0.15, 0.2) is 0 Å². The summed E-state index contributed by atoms with van der Waals surface area (Å²) in [5.41, 5.74) is 8.54. The molecule has 0 aliphatic carbocycles. The second-order valence-corrected chi connectivity index (χ2v) is 8.76. The van der Waals surface area contributed by atoms with E-state index < -0.39 is 20.2 Å². The van der Waals surface area contributed by atoms with Crippen molar-refractivity contribution in [2.75, 3.05) is 6.61 Å². The van der Waals surface area contributed by atoms with E-state index in [9.17, 15) is 0 Å². The second-order valence-electron chi connectivity index (χ2n) is 3.29. The molecule has 1 aromatic rings. The van der Waals surface area contributed by atoms with E-state index >= 15 is 0 Å². The molecule has 1 unspecified atom stereocenters. The molecule has 2 N–H and O–H groups in total. The average molecular weight is 490 g/mol. The van der Waals surface area contributed by atoms with Gasteiger partial charge in [0, 0.05) is 0 Å². The van der Waals surface area contributed by atoms with Crippen LogP contribution in [-0.4, -0.2) is 26.8 Å². The fraction of sp³-hybridized carbons (Fsp3) is 0.455. The van der Waals surface area contributed by atoms with Gasteiger partial charge in [-0.1, -0.05) is 0 Å². The minimum absolute atomic E-state index is 0. The smallest absolute Gasteiger partial charge is 1.00 e. The second kappa shape index (κ2) is 12.3. The van der Waals surface area contributed by atoms with Crippen LogP contribution in [0.2, 0.25) is 0 Å². The summed E-state index contributed by atoms with van der Waals surface area (Å²) in [5.74, 6) is 1.05. The SMILES string of the molecule is CC[O][Sn+2][S]Cc1ccccc1C(C)N.[Br-].[Br-]. The van der Waals surface area contributed by atoms with Gasteiger partial charge in [-0.25, -0.2) is 0 Å². The van der Waals surface area contributed by atoms with Crippen LogP contribution in [0.4, 0.5) is 0 Å². The molecular weight excluding hydrogens is 473 g/mol. The van der Waals surface area contributed by atoms with Gasteiger partial charge in [-0.2, -0.15) is 0 Å². The summed E-state index contributed by atoms with van der Waals surface area (Å²) in [6, 6.07) is 8.53. The average Bonchev–Trinajstić information content (AvgIpc) is 2.25. The Morgan fingerprint density at radius 3 is 2.59 bits per heavy atom. The third kappa shape index (κ3) is 8.10. The van der Waals surface area contributed by atoms with Crippen LogP contribution < -0.4 is 39.7 Å². The van der Waals surface area contributed by atoms with Crippen molar-refractivity contribution >= 4 is 29.1 Å². The van der Waals surface area contributed by atoms with Gasteiger partial charge in [-0.05, 0) is 0 Å². The van der Waals surface area contributed by atoms with Crippen LogP contribution in [0.25, 0.3) is 0 Å². The zero-order valence-corrected chi connectivity index (χ0v) is 16.8. The van der Waals surface area contributed by atoms with E-state index in [2.05, 4.69) is 31.2 Å². The van der Waals surface area contributed by atoms with E-state index in [1.54, 1.807) is 0 Å². The van der Waals surface area contributed by atoms with Gasteiger partial charge in [0.05, 0.1) is 0 Å². The normalized spacial score (nSPS) is 10.8. The summed E-state index contributed by atoms with van der Waals surface area (Å²) >= 11 is -0.655. The number of halogens is 2. The summed E-state index contributed by atoms with van der Waals surface area (Å²) in [4.78, 5) is 0. The van der Waals surface area contributed by atoms with Gasteiger partial charge >= 0.3 is 106 Å². The minimum atomic E-state index is -0.655. The van der Waals surface area contributed by atoms with Crippen LogP contribution in [0.5, 0.6) is 0 Å². The van der Waals surface area contributed by atoms with Gasteiger partial charge in [-0.3, -0.25) is 0 Å². The quantitative estimate of drug-likeness (QED) is 0.333. The van der Waals surface area contributed by atoms with E-state index in [-0.39, 0.29) is 40.0 Å². The number of hydrogen-bond acceptors (Lipinski definition) is 3. The van der Waals surface area contributed by atoms with Gasteiger partial charge in [0.25, 0.3) is 0 Å². The van der Waals surface area contributed by atoms with Crippen molar-refractivity contribution < 1.29 is 37.0 Å². The van der Waals surface area contributed by atoms with E-state index in [0.717, 1.165) is 12.4 Å². The summed E-state index contributed by atoms with van der Waals surface area (Å²) < 4.78 is 5.46. The van der Waals surface area contributed by atoms with Crippen LogP contribution >= 0.6 is 8.95 Å². The Bertz CT molecular complexity index is 303. The van der Waals surface area contributed by atoms with Gasteiger partial charge in [0.1, 0.15) is 0 Å². The molecule has 0 radical (unpaired) electrons. The molecule has 0 saturated carbocycles. The van der Waals surface area contributed by atoms with Crippen molar-refractivity contribution in [2.24, 2.45) is 5.73 Å². The minimum Gasteiger partial charge on any atom is -1.00 e. The zero-order chi connectivity index (χ0) is 11.1. The maximum absolute atomic E-state index is 5.92. The van der Waals surface area contributed by atoms with E-state index in [4.69, 9.17) is 8.81 Å². The van der Waals surface area contributed by atoms with Crippen molar-refractivity contribution in [3.8, 4) is 0 Å². The van der Waals surface area contributed by atoms with Crippen molar-refractivity contribution in [3.63, 3.8) is 0 Å². The van der Waals surface area contributed by atoms with Crippen molar-refractivity contribution in [1.82, 2.24) is 0 Å². The predicted octanol–water partition coefficient (Wildman–Crippen LogP) is -3.48. The maximum Gasteiger partial charge on any atom is -1.00 e. The van der Waals surface area contributed by atoms with Crippen molar-refractivity contribution in [3.05, 3.63) is 35.4 Å². The molecule has 0 heterocycles. The Morgan fingerprint density at radius 2 is 2.00 bits per heavy atom. The Hall–Kier alpha value is 1.25. The number of hydrogen-bond donors (Lipinski definition) is 1. The molecule has 2 nitrogen and oxygen atoms in total. The topological polar surface area (TPSA) is 35.2 Å². The molecule has 0 amide bonds. The van der Waals surface area contributed by atoms with Gasteiger partial charge < -0.3 is 34.0 Å². The number of nitrogens with two attached hydrogens (primary N) is 1. The molecule has 0 aliphatic heterocycles. The molecule has 1 rings (SSSR count). The molecule has 0 aliphatic rings. The summed E-state index contributed by atoms with van der Waals surface area (Å²) in [7, 11) is 1.95. The molecule has 0 aromatic heterocycles. The van der Waals surface area contributed by atoms with Crippen molar-refractivity contribution in [2.45, 2.75) is 25.6 Å².